The van der Waals surface area contributed by atoms with Crippen molar-refractivity contribution in [3.63, 3.8) is 0 Å². The molecule has 31 heavy (non-hydrogen) atoms. The molecule has 4 rings (SSSR count). The van der Waals surface area contributed by atoms with Crippen molar-refractivity contribution in [3.05, 3.63) is 89.8 Å². The number of ketones is 1. The molecule has 0 atom stereocenters. The Kier molecular flexibility index (Phi) is 9.15. The molecule has 0 aliphatic rings. The molecule has 0 aliphatic heterocycles. The van der Waals surface area contributed by atoms with Gasteiger partial charge in [0, 0.05) is 26.2 Å². The molecule has 0 bridgehead atoms. The van der Waals surface area contributed by atoms with Gasteiger partial charge in [-0.15, -0.1) is 0 Å². The van der Waals surface area contributed by atoms with Crippen LogP contribution in [0, 0.1) is 19.9 Å². The predicted octanol–water partition coefficient (Wildman–Crippen LogP) is 6.08. The van der Waals surface area contributed by atoms with Crippen LogP contribution in [0.2, 0.25) is 0 Å². The minimum atomic E-state index is -0.125. The molecule has 2 heterocycles. The summed E-state index contributed by atoms with van der Waals surface area (Å²) in [7, 11) is 0. The zero-order chi connectivity index (χ0) is 21.7. The number of allylic oxidation sites excluding steroid dienone is 2. The molecule has 0 amide bonds. The van der Waals surface area contributed by atoms with Gasteiger partial charge in [-0.2, -0.15) is 0 Å². The number of fused-ring (bicyclic) bond motifs is 1. The third-order valence-corrected chi connectivity index (χ3v) is 6.68. The van der Waals surface area contributed by atoms with Crippen LogP contribution in [-0.4, -0.2) is 30.4 Å². The number of benzene rings is 2. The molecule has 0 aliphatic carbocycles. The van der Waals surface area contributed by atoms with E-state index in [9.17, 15) is 4.79 Å². The summed E-state index contributed by atoms with van der Waals surface area (Å²) in [5, 5.41) is 9.67. The Morgan fingerprint density at radius 2 is 1.77 bits per heavy atom. The second kappa shape index (κ2) is 11.4. The summed E-state index contributed by atoms with van der Waals surface area (Å²) in [6.07, 6.45) is 3.21. The van der Waals surface area contributed by atoms with Gasteiger partial charge in [0.05, 0.1) is 5.76 Å². The van der Waals surface area contributed by atoms with Crippen molar-refractivity contribution in [2.24, 2.45) is 0 Å². The van der Waals surface area contributed by atoms with E-state index in [-0.39, 0.29) is 31.6 Å². The van der Waals surface area contributed by atoms with Crippen molar-refractivity contribution in [2.45, 2.75) is 27.7 Å². The second-order valence-electron chi connectivity index (χ2n) is 7.23. The standard InChI is InChI=1S/C21H16NSe.C5H8O2.Ir/c1-14-8-15(2)10-17(9-14)19-11-18-12-20(23-21(18)13-22-19)16-6-4-3-5-7-16;1-4(6)3-5(2)7;/h3-9,11-13H,1-2H3;3,6H,1-2H3;/q-1;;/b;4-3-;. The quantitative estimate of drug-likeness (QED) is 0.126. The van der Waals surface area contributed by atoms with E-state index in [1.165, 1.54) is 45.1 Å². The van der Waals surface area contributed by atoms with Crippen molar-refractivity contribution in [1.82, 2.24) is 4.98 Å². The van der Waals surface area contributed by atoms with Gasteiger partial charge in [0.15, 0.2) is 5.78 Å². The molecule has 2 aromatic heterocycles. The van der Waals surface area contributed by atoms with Crippen molar-refractivity contribution >= 4 is 29.9 Å². The molecule has 4 aromatic rings. The fourth-order valence-electron chi connectivity index (χ4n) is 3.17. The third kappa shape index (κ3) is 7.12. The Balaban J connectivity index is 0.000000373. The Bertz CT molecular complexity index is 1190. The molecule has 0 spiro atoms. The minimum absolute atomic E-state index is 0. The van der Waals surface area contributed by atoms with Crippen molar-refractivity contribution in [1.29, 1.82) is 0 Å². The first-order chi connectivity index (χ1) is 14.3. The van der Waals surface area contributed by atoms with E-state index in [2.05, 4.69) is 79.5 Å². The Morgan fingerprint density at radius 1 is 1.06 bits per heavy atom. The third-order valence-electron chi connectivity index (χ3n) is 4.30. The normalized spacial score (nSPS) is 10.8. The van der Waals surface area contributed by atoms with Crippen LogP contribution in [0.25, 0.3) is 30.9 Å². The van der Waals surface area contributed by atoms with Crippen LogP contribution in [0.4, 0.5) is 0 Å². The number of hydrogen-bond donors (Lipinski definition) is 1. The molecule has 5 heteroatoms. The fraction of sp³-hybridized carbons (Fsp3) is 0.154. The summed E-state index contributed by atoms with van der Waals surface area (Å²) in [6.45, 7) is 7.05. The molecule has 0 fully saturated rings. The fourth-order valence-corrected chi connectivity index (χ4v) is 5.30. The van der Waals surface area contributed by atoms with Crippen LogP contribution in [0.3, 0.4) is 0 Å². The molecule has 3 nitrogen and oxygen atoms in total. The average Bonchev–Trinajstić information content (AvgIpc) is 3.11. The van der Waals surface area contributed by atoms with Crippen LogP contribution in [0.15, 0.2) is 72.6 Å². The van der Waals surface area contributed by atoms with Crippen LogP contribution >= 0.6 is 0 Å². The number of hydrogen-bond acceptors (Lipinski definition) is 3. The summed E-state index contributed by atoms with van der Waals surface area (Å²) in [5.41, 5.74) is 5.83. The summed E-state index contributed by atoms with van der Waals surface area (Å²) in [4.78, 5) is 14.7. The van der Waals surface area contributed by atoms with E-state index in [0.717, 1.165) is 16.8 Å². The summed E-state index contributed by atoms with van der Waals surface area (Å²) < 4.78 is 2.79. The van der Waals surface area contributed by atoms with Gasteiger partial charge in [0.2, 0.25) is 0 Å². The maximum absolute atomic E-state index is 10.0. The van der Waals surface area contributed by atoms with Gasteiger partial charge in [0.1, 0.15) is 0 Å². The first-order valence-electron chi connectivity index (χ1n) is 9.65. The van der Waals surface area contributed by atoms with Gasteiger partial charge in [-0.05, 0) is 13.8 Å². The SMILES string of the molecule is CC(=O)/C=C(/C)O.Cc1[c-]c(-c2cc3cc(-c4ccccc4)[se]c3cn2)cc(C)c1.[Ir]. The molecule has 2 aromatic carbocycles. The molecule has 161 valence electrons. The molecule has 1 radical (unpaired) electrons. The number of rotatable bonds is 3. The van der Waals surface area contributed by atoms with Crippen molar-refractivity contribution < 1.29 is 30.0 Å². The zero-order valence-corrected chi connectivity index (χ0v) is 22.0. The van der Waals surface area contributed by atoms with E-state index in [0.29, 0.717) is 14.5 Å². The molecule has 0 saturated heterocycles. The second-order valence-corrected chi connectivity index (χ2v) is 9.51. The van der Waals surface area contributed by atoms with Crippen LogP contribution in [0.5, 0.6) is 0 Å². The first-order valence-corrected chi connectivity index (χ1v) is 11.4. The van der Waals surface area contributed by atoms with E-state index in [1.54, 1.807) is 0 Å². The molecule has 0 saturated carbocycles. The molecular weight excluding hydrogens is 629 g/mol. The topological polar surface area (TPSA) is 50.2 Å². The number of nitrogens with zero attached hydrogens (tertiary/aromatic N) is 1. The van der Waals surface area contributed by atoms with Gasteiger partial charge in [-0.25, -0.2) is 0 Å². The predicted molar refractivity (Wildman–Crippen MR) is 125 cm³/mol. The summed E-state index contributed by atoms with van der Waals surface area (Å²) in [5.74, 6) is -0.0625. The van der Waals surface area contributed by atoms with Crippen LogP contribution in [-0.2, 0) is 24.9 Å². The van der Waals surface area contributed by atoms with E-state index in [1.807, 2.05) is 6.20 Å². The smallest absolute Gasteiger partial charge is 0 e. The number of carbonyl (C=O) groups is 1. The number of aryl methyl sites for hydroxylation is 2. The number of pyridine rings is 1. The van der Waals surface area contributed by atoms with Crippen LogP contribution < -0.4 is 0 Å². The summed E-state index contributed by atoms with van der Waals surface area (Å²) in [6, 6.07) is 22.9. The van der Waals surface area contributed by atoms with E-state index in [4.69, 9.17) is 5.11 Å². The Morgan fingerprint density at radius 3 is 2.35 bits per heavy atom. The molecule has 0 unspecified atom stereocenters. The summed E-state index contributed by atoms with van der Waals surface area (Å²) >= 11 is 0.342. The van der Waals surface area contributed by atoms with Gasteiger partial charge < -0.3 is 5.11 Å². The van der Waals surface area contributed by atoms with E-state index < -0.39 is 0 Å². The number of aromatic nitrogens is 1. The van der Waals surface area contributed by atoms with Gasteiger partial charge >= 0.3 is 142 Å². The zero-order valence-electron chi connectivity index (χ0n) is 17.9. The number of carbonyl (C=O) groups excluding carboxylic acids is 1. The maximum Gasteiger partial charge on any atom is 0 e. The first kappa shape index (κ1) is 25.0. The monoisotopic (exact) mass is 655 g/mol. The minimum Gasteiger partial charge on any atom is 0 e. The van der Waals surface area contributed by atoms with Crippen molar-refractivity contribution in [3.8, 4) is 21.3 Å². The van der Waals surface area contributed by atoms with E-state index >= 15 is 0 Å². The average molecular weight is 654 g/mol. The van der Waals surface area contributed by atoms with Gasteiger partial charge in [-0.1, -0.05) is 0 Å². The van der Waals surface area contributed by atoms with Gasteiger partial charge in [-0.3, -0.25) is 4.79 Å². The van der Waals surface area contributed by atoms with Crippen LogP contribution in [0.1, 0.15) is 25.0 Å². The van der Waals surface area contributed by atoms with Crippen molar-refractivity contribution in [2.75, 3.05) is 0 Å². The largest absolute Gasteiger partial charge is 0 e. The molecular formula is C26H24IrNO2Se-. The van der Waals surface area contributed by atoms with Gasteiger partial charge in [0.25, 0.3) is 0 Å². The Labute approximate surface area is 203 Å². The molecule has 1 N–H and O–H groups in total. The maximum atomic E-state index is 10.0. The number of aliphatic hydroxyl groups is 1. The number of aliphatic hydroxyl groups excluding tert-OH is 1. The Hall–Kier alpha value is -2.29.